The third kappa shape index (κ3) is 8.17. The lowest BCUT2D eigenvalue weighted by Gasteiger charge is -2.27. The Kier molecular flexibility index (Phi) is 8.25. The molecule has 0 saturated carbocycles. The van der Waals surface area contributed by atoms with E-state index in [9.17, 15) is 0 Å². The van der Waals surface area contributed by atoms with Crippen LogP contribution < -0.4 is 18.9 Å². The Bertz CT molecular complexity index is 1190. The maximum Gasteiger partial charge on any atom is 0.132 e. The van der Waals surface area contributed by atoms with Crippen LogP contribution in [0, 0.1) is 6.92 Å². The van der Waals surface area contributed by atoms with Gasteiger partial charge in [-0.25, -0.2) is 0 Å². The van der Waals surface area contributed by atoms with Gasteiger partial charge in [-0.1, -0.05) is 12.1 Å². The van der Waals surface area contributed by atoms with Gasteiger partial charge < -0.3 is 18.9 Å². The van der Waals surface area contributed by atoms with E-state index in [0.717, 1.165) is 49.4 Å². The van der Waals surface area contributed by atoms with Crippen LogP contribution in [-0.2, 0) is 0 Å². The Morgan fingerprint density at radius 3 is 1.13 bits per heavy atom. The Hall–Kier alpha value is -2.66. The normalized spacial score (nSPS) is 12.9. The zero-order valence-corrected chi connectivity index (χ0v) is 26.4. The van der Waals surface area contributed by atoms with Crippen molar-refractivity contribution < 1.29 is 18.9 Å². The molecule has 0 atom stereocenters. The van der Waals surface area contributed by atoms with Gasteiger partial charge in [0.15, 0.2) is 0 Å². The maximum absolute atomic E-state index is 6.47. The summed E-state index contributed by atoms with van der Waals surface area (Å²) in [5.41, 5.74) is 1.65. The van der Waals surface area contributed by atoms with Crippen LogP contribution >= 0.6 is 11.3 Å². The first-order valence-electron chi connectivity index (χ1n) is 13.4. The van der Waals surface area contributed by atoms with Crippen LogP contribution in [0.2, 0.25) is 0 Å². The van der Waals surface area contributed by atoms with E-state index >= 15 is 0 Å². The fourth-order valence-corrected chi connectivity index (χ4v) is 5.28. The summed E-state index contributed by atoms with van der Waals surface area (Å²) in [6, 6.07) is 14.3. The second-order valence-corrected chi connectivity index (χ2v) is 14.8. The molecule has 0 unspecified atom stereocenters. The number of hydrogen-bond donors (Lipinski definition) is 0. The first-order valence-corrected chi connectivity index (χ1v) is 14.2. The number of thiophene rings is 1. The molecule has 208 valence electrons. The van der Waals surface area contributed by atoms with Gasteiger partial charge in [0.1, 0.15) is 45.4 Å². The van der Waals surface area contributed by atoms with Crippen molar-refractivity contribution in [2.24, 2.45) is 0 Å². The van der Waals surface area contributed by atoms with Crippen molar-refractivity contribution in [1.82, 2.24) is 0 Å². The molecule has 0 saturated heterocycles. The number of rotatable bonds is 6. The molecular formula is C33H46O4S. The molecule has 0 amide bonds. The van der Waals surface area contributed by atoms with Gasteiger partial charge in [-0.05, 0) is 126 Å². The summed E-state index contributed by atoms with van der Waals surface area (Å²) < 4.78 is 25.8. The summed E-state index contributed by atoms with van der Waals surface area (Å²) in [6.45, 7) is 26.9. The molecule has 0 aliphatic carbocycles. The largest absolute Gasteiger partial charge is 0.487 e. The van der Waals surface area contributed by atoms with Crippen molar-refractivity contribution in [3.8, 4) is 43.9 Å². The lowest BCUT2D eigenvalue weighted by Crippen LogP contribution is -2.25. The van der Waals surface area contributed by atoms with Gasteiger partial charge in [-0.3, -0.25) is 0 Å². The molecular weight excluding hydrogens is 492 g/mol. The molecule has 0 aliphatic heterocycles. The summed E-state index contributed by atoms with van der Waals surface area (Å²) in [5, 5.41) is 0. The molecule has 0 bridgehead atoms. The maximum atomic E-state index is 6.47. The Morgan fingerprint density at radius 2 is 0.816 bits per heavy atom. The minimum Gasteiger partial charge on any atom is -0.487 e. The monoisotopic (exact) mass is 538 g/mol. The van der Waals surface area contributed by atoms with Crippen LogP contribution in [0.1, 0.15) is 88.6 Å². The zero-order chi connectivity index (χ0) is 28.7. The lowest BCUT2D eigenvalue weighted by atomic mass is 10.0. The number of benzene rings is 2. The predicted octanol–water partition coefficient (Wildman–Crippen LogP) is 10.1. The third-order valence-electron chi connectivity index (χ3n) is 5.03. The van der Waals surface area contributed by atoms with Gasteiger partial charge in [0, 0.05) is 9.75 Å². The van der Waals surface area contributed by atoms with E-state index in [4.69, 9.17) is 18.9 Å². The molecule has 2 aromatic carbocycles. The first kappa shape index (κ1) is 29.9. The molecule has 1 heterocycles. The topological polar surface area (TPSA) is 36.9 Å². The van der Waals surface area contributed by atoms with E-state index in [1.54, 1.807) is 11.3 Å². The van der Waals surface area contributed by atoms with E-state index in [1.165, 1.54) is 0 Å². The van der Waals surface area contributed by atoms with Gasteiger partial charge in [-0.2, -0.15) is 0 Å². The second kappa shape index (κ2) is 10.5. The number of ether oxygens (including phenoxy) is 4. The van der Waals surface area contributed by atoms with Crippen molar-refractivity contribution in [3.05, 3.63) is 48.0 Å². The molecule has 38 heavy (non-hydrogen) atoms. The fourth-order valence-electron chi connectivity index (χ4n) is 4.00. The standard InChI is InChI=1S/C33H46O4S/c1-21-20-26(27-22(34-30(2,3)4)16-14-17-23(27)35-31(5,6)7)38-29(21)28-24(36-32(8,9)10)18-15-19-25(28)37-33(11,12)13/h14-20H,1-13H3. The van der Waals surface area contributed by atoms with E-state index in [1.807, 2.05) is 36.4 Å². The quantitative estimate of drug-likeness (QED) is 0.313. The molecule has 3 aromatic rings. The highest BCUT2D eigenvalue weighted by atomic mass is 32.1. The second-order valence-electron chi connectivity index (χ2n) is 13.7. The van der Waals surface area contributed by atoms with Crippen LogP contribution in [0.25, 0.3) is 20.9 Å². The smallest absolute Gasteiger partial charge is 0.132 e. The SMILES string of the molecule is Cc1cc(-c2c(OC(C)(C)C)cccc2OC(C)(C)C)sc1-c1c(OC(C)(C)C)cccc1OC(C)(C)C. The third-order valence-corrected chi connectivity index (χ3v) is 6.30. The summed E-state index contributed by atoms with van der Waals surface area (Å²) in [5.74, 6) is 3.22. The van der Waals surface area contributed by atoms with Crippen LogP contribution in [0.3, 0.4) is 0 Å². The van der Waals surface area contributed by atoms with Crippen molar-refractivity contribution in [1.29, 1.82) is 0 Å². The van der Waals surface area contributed by atoms with E-state index in [-0.39, 0.29) is 22.4 Å². The van der Waals surface area contributed by atoms with Gasteiger partial charge in [0.25, 0.3) is 0 Å². The van der Waals surface area contributed by atoms with Gasteiger partial charge in [0.2, 0.25) is 0 Å². The van der Waals surface area contributed by atoms with Gasteiger partial charge in [-0.15, -0.1) is 11.3 Å². The van der Waals surface area contributed by atoms with Crippen molar-refractivity contribution in [3.63, 3.8) is 0 Å². The summed E-state index contributed by atoms with van der Waals surface area (Å²) >= 11 is 1.71. The first-order chi connectivity index (χ1) is 17.2. The van der Waals surface area contributed by atoms with Crippen LogP contribution in [-0.4, -0.2) is 22.4 Å². The number of hydrogen-bond acceptors (Lipinski definition) is 5. The molecule has 0 aliphatic rings. The zero-order valence-electron chi connectivity index (χ0n) is 25.6. The van der Waals surface area contributed by atoms with Gasteiger partial charge in [0.05, 0.1) is 11.1 Å². The molecule has 4 nitrogen and oxygen atoms in total. The Balaban J connectivity index is 2.28. The molecule has 0 N–H and O–H groups in total. The van der Waals surface area contributed by atoms with Crippen molar-refractivity contribution >= 4 is 11.3 Å². The highest BCUT2D eigenvalue weighted by molar-refractivity contribution is 7.19. The Morgan fingerprint density at radius 1 is 0.500 bits per heavy atom. The highest BCUT2D eigenvalue weighted by Gasteiger charge is 2.27. The molecule has 0 fully saturated rings. The van der Waals surface area contributed by atoms with Crippen molar-refractivity contribution in [2.75, 3.05) is 0 Å². The van der Waals surface area contributed by atoms with E-state index in [2.05, 4.69) is 96.1 Å². The van der Waals surface area contributed by atoms with Crippen LogP contribution in [0.5, 0.6) is 23.0 Å². The molecule has 0 radical (unpaired) electrons. The number of aryl methyl sites for hydroxylation is 1. The molecule has 1 aromatic heterocycles. The predicted molar refractivity (Wildman–Crippen MR) is 161 cm³/mol. The fraction of sp³-hybridized carbons (Fsp3) is 0.515. The lowest BCUT2D eigenvalue weighted by molar-refractivity contribution is 0.122. The average Bonchev–Trinajstić information content (AvgIpc) is 3.04. The summed E-state index contributed by atoms with van der Waals surface area (Å²) in [7, 11) is 0. The minimum atomic E-state index is -0.357. The van der Waals surface area contributed by atoms with Gasteiger partial charge >= 0.3 is 0 Å². The van der Waals surface area contributed by atoms with Crippen molar-refractivity contribution in [2.45, 2.75) is 112 Å². The van der Waals surface area contributed by atoms with Crippen LogP contribution in [0.15, 0.2) is 42.5 Å². The minimum absolute atomic E-state index is 0.356. The van der Waals surface area contributed by atoms with E-state index < -0.39 is 0 Å². The average molecular weight is 539 g/mol. The van der Waals surface area contributed by atoms with Crippen LogP contribution in [0.4, 0.5) is 0 Å². The molecule has 0 spiro atoms. The summed E-state index contributed by atoms with van der Waals surface area (Å²) in [6.07, 6.45) is 0. The molecule has 3 rings (SSSR count). The molecule has 5 heteroatoms. The Labute approximate surface area is 234 Å². The summed E-state index contributed by atoms with van der Waals surface area (Å²) in [4.78, 5) is 2.18. The highest BCUT2D eigenvalue weighted by Crippen LogP contribution is 2.51. The van der Waals surface area contributed by atoms with E-state index in [0.29, 0.717) is 0 Å².